The standard InChI is InChI=1S/C23H29ClN2O6S/c1-4-32-20-10-8-18(13-19(20)24)33(28,29)26-11-5-6-17(15-26)23(27)25-14-16-7-9-21(30-2)22(12-16)31-3/h7-10,12-13,17H,4-6,11,14-15H2,1-3H3,(H,25,27). The van der Waals surface area contributed by atoms with E-state index in [0.29, 0.717) is 49.8 Å². The Labute approximate surface area is 199 Å². The predicted molar refractivity (Wildman–Crippen MR) is 125 cm³/mol. The van der Waals surface area contributed by atoms with E-state index >= 15 is 0 Å². The summed E-state index contributed by atoms with van der Waals surface area (Å²) in [4.78, 5) is 12.9. The molecular formula is C23H29ClN2O6S. The van der Waals surface area contributed by atoms with E-state index in [9.17, 15) is 13.2 Å². The predicted octanol–water partition coefficient (Wildman–Crippen LogP) is 3.47. The maximum Gasteiger partial charge on any atom is 0.243 e. The molecule has 3 rings (SSSR count). The normalized spacial score (nSPS) is 16.8. The summed E-state index contributed by atoms with van der Waals surface area (Å²) in [7, 11) is -0.674. The molecule has 1 N–H and O–H groups in total. The number of ether oxygens (including phenoxy) is 3. The van der Waals surface area contributed by atoms with E-state index in [1.807, 2.05) is 13.0 Å². The van der Waals surface area contributed by atoms with Gasteiger partial charge in [-0.2, -0.15) is 4.31 Å². The highest BCUT2D eigenvalue weighted by Gasteiger charge is 2.33. The summed E-state index contributed by atoms with van der Waals surface area (Å²) in [5.74, 6) is 0.994. The SMILES string of the molecule is CCOc1ccc(S(=O)(=O)N2CCCC(C(=O)NCc3ccc(OC)c(OC)c3)C2)cc1Cl. The third kappa shape index (κ3) is 5.90. The van der Waals surface area contributed by atoms with Gasteiger partial charge in [-0.05, 0) is 55.7 Å². The monoisotopic (exact) mass is 496 g/mol. The Bertz CT molecular complexity index is 1090. The first-order valence-corrected chi connectivity index (χ1v) is 12.5. The van der Waals surface area contributed by atoms with Crippen molar-refractivity contribution in [3.8, 4) is 17.2 Å². The van der Waals surface area contributed by atoms with Gasteiger partial charge in [-0.15, -0.1) is 0 Å². The van der Waals surface area contributed by atoms with Crippen molar-refractivity contribution >= 4 is 27.5 Å². The van der Waals surface area contributed by atoms with Crippen LogP contribution < -0.4 is 19.5 Å². The molecule has 0 saturated carbocycles. The minimum Gasteiger partial charge on any atom is -0.493 e. The van der Waals surface area contributed by atoms with Gasteiger partial charge in [-0.1, -0.05) is 17.7 Å². The molecule has 180 valence electrons. The van der Waals surface area contributed by atoms with Crippen LogP contribution in [0.2, 0.25) is 5.02 Å². The van der Waals surface area contributed by atoms with Crippen LogP contribution in [0.3, 0.4) is 0 Å². The van der Waals surface area contributed by atoms with Crippen LogP contribution in [-0.4, -0.2) is 52.5 Å². The van der Waals surface area contributed by atoms with E-state index in [1.54, 1.807) is 32.4 Å². The molecule has 0 spiro atoms. The number of hydrogen-bond donors (Lipinski definition) is 1. The van der Waals surface area contributed by atoms with Crippen molar-refractivity contribution in [1.82, 2.24) is 9.62 Å². The second-order valence-corrected chi connectivity index (χ2v) is 9.98. The lowest BCUT2D eigenvalue weighted by atomic mass is 9.98. The molecule has 2 aromatic rings. The molecule has 2 aromatic carbocycles. The van der Waals surface area contributed by atoms with Crippen LogP contribution in [-0.2, 0) is 21.4 Å². The van der Waals surface area contributed by atoms with Crippen LogP contribution >= 0.6 is 11.6 Å². The van der Waals surface area contributed by atoms with Gasteiger partial charge in [0.15, 0.2) is 11.5 Å². The largest absolute Gasteiger partial charge is 0.493 e. The summed E-state index contributed by atoms with van der Waals surface area (Å²) in [5.41, 5.74) is 0.852. The number of methoxy groups -OCH3 is 2. The van der Waals surface area contributed by atoms with Crippen LogP contribution in [0.25, 0.3) is 0 Å². The molecule has 1 unspecified atom stereocenters. The summed E-state index contributed by atoms with van der Waals surface area (Å²) >= 11 is 6.18. The summed E-state index contributed by atoms with van der Waals surface area (Å²) in [5, 5.41) is 3.14. The summed E-state index contributed by atoms with van der Waals surface area (Å²) in [6.45, 7) is 3.03. The number of benzene rings is 2. The van der Waals surface area contributed by atoms with Crippen molar-refractivity contribution in [2.75, 3.05) is 33.9 Å². The van der Waals surface area contributed by atoms with E-state index < -0.39 is 15.9 Å². The summed E-state index contributed by atoms with van der Waals surface area (Å²) in [6.07, 6.45) is 1.21. The highest BCUT2D eigenvalue weighted by Crippen LogP contribution is 2.31. The van der Waals surface area contributed by atoms with Crippen LogP contribution in [0, 0.1) is 5.92 Å². The molecule has 0 aromatic heterocycles. The van der Waals surface area contributed by atoms with E-state index in [2.05, 4.69) is 5.32 Å². The topological polar surface area (TPSA) is 94.2 Å². The van der Waals surface area contributed by atoms with Gasteiger partial charge in [-0.3, -0.25) is 4.79 Å². The van der Waals surface area contributed by atoms with Crippen LogP contribution in [0.15, 0.2) is 41.3 Å². The number of nitrogens with one attached hydrogen (secondary N) is 1. The number of halogens is 1. The molecule has 1 fully saturated rings. The van der Waals surface area contributed by atoms with Gasteiger partial charge in [0.25, 0.3) is 0 Å². The van der Waals surface area contributed by atoms with Crippen LogP contribution in [0.1, 0.15) is 25.3 Å². The number of carbonyl (C=O) groups is 1. The van der Waals surface area contributed by atoms with Gasteiger partial charge in [0.05, 0.1) is 36.7 Å². The maximum absolute atomic E-state index is 13.2. The molecule has 10 heteroatoms. The fourth-order valence-corrected chi connectivity index (χ4v) is 5.61. The van der Waals surface area contributed by atoms with Gasteiger partial charge in [-0.25, -0.2) is 8.42 Å². The molecule has 1 amide bonds. The molecule has 1 saturated heterocycles. The quantitative estimate of drug-likeness (QED) is 0.571. The molecule has 0 bridgehead atoms. The minimum absolute atomic E-state index is 0.0855. The van der Waals surface area contributed by atoms with Crippen molar-refractivity contribution in [2.45, 2.75) is 31.2 Å². The van der Waals surface area contributed by atoms with E-state index in [0.717, 1.165) is 5.56 Å². The fraction of sp³-hybridized carbons (Fsp3) is 0.435. The molecule has 0 radical (unpaired) electrons. The van der Waals surface area contributed by atoms with Crippen molar-refractivity contribution in [3.05, 3.63) is 47.0 Å². The summed E-state index contributed by atoms with van der Waals surface area (Å²) < 4.78 is 43.6. The Morgan fingerprint density at radius 3 is 2.52 bits per heavy atom. The van der Waals surface area contributed by atoms with Crippen LogP contribution in [0.4, 0.5) is 0 Å². The van der Waals surface area contributed by atoms with Crippen molar-refractivity contribution in [3.63, 3.8) is 0 Å². The minimum atomic E-state index is -3.78. The van der Waals surface area contributed by atoms with Gasteiger partial charge >= 0.3 is 0 Å². The molecule has 0 aliphatic carbocycles. The fourth-order valence-electron chi connectivity index (χ4n) is 3.76. The highest BCUT2D eigenvalue weighted by molar-refractivity contribution is 7.89. The maximum atomic E-state index is 13.2. The first kappa shape index (κ1) is 25.1. The van der Waals surface area contributed by atoms with Crippen molar-refractivity contribution < 1.29 is 27.4 Å². The summed E-state index contributed by atoms with van der Waals surface area (Å²) in [6, 6.07) is 9.84. The average Bonchev–Trinajstić information content (AvgIpc) is 2.83. The molecule has 8 nitrogen and oxygen atoms in total. The Hall–Kier alpha value is -2.49. The van der Waals surface area contributed by atoms with E-state index in [4.69, 9.17) is 25.8 Å². The van der Waals surface area contributed by atoms with Crippen LogP contribution in [0.5, 0.6) is 17.2 Å². The zero-order valence-corrected chi connectivity index (χ0v) is 20.5. The first-order valence-electron chi connectivity index (χ1n) is 10.7. The average molecular weight is 497 g/mol. The molecule has 33 heavy (non-hydrogen) atoms. The second-order valence-electron chi connectivity index (χ2n) is 7.63. The smallest absolute Gasteiger partial charge is 0.243 e. The molecule has 1 aliphatic rings. The number of carbonyl (C=O) groups excluding carboxylic acids is 1. The van der Waals surface area contributed by atoms with Crippen molar-refractivity contribution in [2.24, 2.45) is 5.92 Å². The van der Waals surface area contributed by atoms with E-state index in [1.165, 1.54) is 16.4 Å². The lowest BCUT2D eigenvalue weighted by molar-refractivity contribution is -0.126. The van der Waals surface area contributed by atoms with Gasteiger partial charge in [0.1, 0.15) is 5.75 Å². The Balaban J connectivity index is 1.66. The lowest BCUT2D eigenvalue weighted by Crippen LogP contribution is -2.45. The van der Waals surface area contributed by atoms with Crippen molar-refractivity contribution in [1.29, 1.82) is 0 Å². The molecule has 1 aliphatic heterocycles. The molecular weight excluding hydrogens is 468 g/mol. The Kier molecular flexibility index (Phi) is 8.45. The lowest BCUT2D eigenvalue weighted by Gasteiger charge is -2.31. The third-order valence-corrected chi connectivity index (χ3v) is 7.67. The number of piperidine rings is 1. The molecule has 1 heterocycles. The number of nitrogens with zero attached hydrogens (tertiary/aromatic N) is 1. The highest BCUT2D eigenvalue weighted by atomic mass is 35.5. The number of amides is 1. The first-order chi connectivity index (χ1) is 15.8. The molecule has 1 atom stereocenters. The zero-order chi connectivity index (χ0) is 24.0. The van der Waals surface area contributed by atoms with E-state index in [-0.39, 0.29) is 22.4 Å². The zero-order valence-electron chi connectivity index (χ0n) is 19.0. The number of sulfonamides is 1. The second kappa shape index (κ2) is 11.1. The Morgan fingerprint density at radius 2 is 1.85 bits per heavy atom. The Morgan fingerprint density at radius 1 is 1.12 bits per heavy atom. The van der Waals surface area contributed by atoms with Gasteiger partial charge < -0.3 is 19.5 Å². The van der Waals surface area contributed by atoms with Gasteiger partial charge in [0, 0.05) is 19.6 Å². The number of hydrogen-bond acceptors (Lipinski definition) is 6. The third-order valence-electron chi connectivity index (χ3n) is 5.51. The van der Waals surface area contributed by atoms with Gasteiger partial charge in [0.2, 0.25) is 15.9 Å². The number of rotatable bonds is 9.